The predicted molar refractivity (Wildman–Crippen MR) is 67.7 cm³/mol. The molecule has 8 heteroatoms. The van der Waals surface area contributed by atoms with E-state index in [2.05, 4.69) is 10.1 Å². The van der Waals surface area contributed by atoms with Crippen LogP contribution in [0.1, 0.15) is 0 Å². The van der Waals surface area contributed by atoms with Gasteiger partial charge in [-0.1, -0.05) is 18.2 Å². The molecular formula is C13H12F3N3O2. The van der Waals surface area contributed by atoms with Gasteiger partial charge in [-0.05, 0) is 17.3 Å². The van der Waals surface area contributed by atoms with Crippen molar-refractivity contribution in [3.8, 4) is 11.5 Å². The summed E-state index contributed by atoms with van der Waals surface area (Å²) in [6.45, 7) is -0.0724. The molecule has 0 amide bonds. The molecule has 1 aromatic heterocycles. The van der Waals surface area contributed by atoms with Crippen LogP contribution in [0.4, 0.5) is 19.1 Å². The van der Waals surface area contributed by atoms with Crippen LogP contribution in [0.25, 0.3) is 11.5 Å². The van der Waals surface area contributed by atoms with Gasteiger partial charge in [-0.3, -0.25) is 0 Å². The molecule has 1 aliphatic rings. The molecule has 112 valence electrons. The lowest BCUT2D eigenvalue weighted by Crippen LogP contribution is -2.49. The summed E-state index contributed by atoms with van der Waals surface area (Å²) in [5.41, 5.74) is 0.719. The minimum absolute atomic E-state index is 0.0284. The van der Waals surface area contributed by atoms with E-state index in [0.717, 1.165) is 5.56 Å². The number of rotatable bonds is 2. The molecule has 1 saturated heterocycles. The van der Waals surface area contributed by atoms with Gasteiger partial charge >= 0.3 is 6.18 Å². The van der Waals surface area contributed by atoms with Crippen molar-refractivity contribution in [2.45, 2.75) is 12.3 Å². The van der Waals surface area contributed by atoms with Crippen molar-refractivity contribution >= 4 is 5.95 Å². The Labute approximate surface area is 118 Å². The second-order valence-electron chi connectivity index (χ2n) is 4.61. The highest BCUT2D eigenvalue weighted by Crippen LogP contribution is 2.28. The van der Waals surface area contributed by atoms with Gasteiger partial charge in [0.1, 0.15) is 0 Å². The van der Waals surface area contributed by atoms with Crippen LogP contribution < -0.4 is 4.90 Å². The zero-order chi connectivity index (χ0) is 14.9. The van der Waals surface area contributed by atoms with Gasteiger partial charge in [-0.25, -0.2) is 0 Å². The van der Waals surface area contributed by atoms with Crippen molar-refractivity contribution in [1.29, 1.82) is 0 Å². The molecule has 1 aliphatic heterocycles. The summed E-state index contributed by atoms with van der Waals surface area (Å²) in [7, 11) is 0. The average Bonchev–Trinajstić information content (AvgIpc) is 2.97. The van der Waals surface area contributed by atoms with E-state index in [-0.39, 0.29) is 25.0 Å². The van der Waals surface area contributed by atoms with E-state index in [1.807, 2.05) is 18.2 Å². The highest BCUT2D eigenvalue weighted by molar-refractivity contribution is 5.54. The highest BCUT2D eigenvalue weighted by Gasteiger charge is 2.44. The van der Waals surface area contributed by atoms with Crippen LogP contribution in [-0.4, -0.2) is 42.1 Å². The summed E-state index contributed by atoms with van der Waals surface area (Å²) in [5, 5.41) is 3.75. The Kier molecular flexibility index (Phi) is 3.54. The minimum atomic E-state index is -4.40. The number of aromatic nitrogens is 2. The van der Waals surface area contributed by atoms with E-state index in [9.17, 15) is 13.2 Å². The first-order chi connectivity index (χ1) is 10.0. The van der Waals surface area contributed by atoms with Crippen molar-refractivity contribution in [3.63, 3.8) is 0 Å². The van der Waals surface area contributed by atoms with Crippen LogP contribution in [0.15, 0.2) is 34.9 Å². The van der Waals surface area contributed by atoms with Gasteiger partial charge in [0.25, 0.3) is 11.8 Å². The zero-order valence-corrected chi connectivity index (χ0v) is 10.9. The van der Waals surface area contributed by atoms with Crippen LogP contribution >= 0.6 is 0 Å². The van der Waals surface area contributed by atoms with Gasteiger partial charge in [0, 0.05) is 12.1 Å². The third-order valence-corrected chi connectivity index (χ3v) is 3.15. The Balaban J connectivity index is 1.77. The maximum atomic E-state index is 12.7. The number of nitrogens with zero attached hydrogens (tertiary/aromatic N) is 3. The molecule has 0 aliphatic carbocycles. The standard InChI is InChI=1S/C13H12F3N3O2/c14-13(15,16)10-8-19(6-7-20-10)12-17-11(21-18-12)9-4-2-1-3-5-9/h1-5,10H,6-8H2. The van der Waals surface area contributed by atoms with Gasteiger partial charge in [-0.2, -0.15) is 18.2 Å². The first-order valence-electron chi connectivity index (χ1n) is 6.36. The third kappa shape index (κ3) is 2.99. The van der Waals surface area contributed by atoms with E-state index in [1.54, 1.807) is 12.1 Å². The Bertz CT molecular complexity index is 600. The Hall–Kier alpha value is -2.09. The molecule has 0 N–H and O–H groups in total. The van der Waals surface area contributed by atoms with E-state index in [0.29, 0.717) is 6.54 Å². The summed E-state index contributed by atoms with van der Waals surface area (Å²) >= 11 is 0. The molecule has 0 spiro atoms. The molecule has 2 aromatic rings. The van der Waals surface area contributed by atoms with E-state index < -0.39 is 12.3 Å². The van der Waals surface area contributed by atoms with E-state index in [1.165, 1.54) is 4.90 Å². The molecule has 3 rings (SSSR count). The number of anilines is 1. The summed E-state index contributed by atoms with van der Waals surface area (Å²) in [4.78, 5) is 5.56. The number of hydrogen-bond acceptors (Lipinski definition) is 5. The number of ether oxygens (including phenoxy) is 1. The highest BCUT2D eigenvalue weighted by atomic mass is 19.4. The summed E-state index contributed by atoms with van der Waals surface area (Å²) in [6.07, 6.45) is -6.23. The van der Waals surface area contributed by atoms with Crippen LogP contribution in [0, 0.1) is 0 Å². The van der Waals surface area contributed by atoms with Crippen molar-refractivity contribution < 1.29 is 22.4 Å². The molecule has 21 heavy (non-hydrogen) atoms. The van der Waals surface area contributed by atoms with Crippen LogP contribution in [-0.2, 0) is 4.74 Å². The van der Waals surface area contributed by atoms with Crippen molar-refractivity contribution in [3.05, 3.63) is 30.3 Å². The Morgan fingerprint density at radius 1 is 1.19 bits per heavy atom. The topological polar surface area (TPSA) is 51.4 Å². The third-order valence-electron chi connectivity index (χ3n) is 3.15. The largest absolute Gasteiger partial charge is 0.416 e. The summed E-state index contributed by atoms with van der Waals surface area (Å²) in [5.74, 6) is 0.423. The molecule has 2 heterocycles. The fraction of sp³-hybridized carbons (Fsp3) is 0.385. The van der Waals surface area contributed by atoms with Gasteiger partial charge in [0.15, 0.2) is 6.10 Å². The number of hydrogen-bond donors (Lipinski definition) is 0. The van der Waals surface area contributed by atoms with Crippen LogP contribution in [0.3, 0.4) is 0 Å². The molecule has 0 radical (unpaired) electrons. The lowest BCUT2D eigenvalue weighted by Gasteiger charge is -2.32. The minimum Gasteiger partial charge on any atom is -0.365 e. The number of morpholine rings is 1. The van der Waals surface area contributed by atoms with Gasteiger partial charge < -0.3 is 14.2 Å². The van der Waals surface area contributed by atoms with Crippen LogP contribution in [0.5, 0.6) is 0 Å². The maximum absolute atomic E-state index is 12.7. The first-order valence-corrected chi connectivity index (χ1v) is 6.36. The summed E-state index contributed by atoms with van der Waals surface area (Å²) < 4.78 is 47.9. The molecule has 0 bridgehead atoms. The van der Waals surface area contributed by atoms with Crippen molar-refractivity contribution in [1.82, 2.24) is 10.1 Å². The fourth-order valence-electron chi connectivity index (χ4n) is 2.07. The molecule has 1 aromatic carbocycles. The molecule has 5 nitrogen and oxygen atoms in total. The van der Waals surface area contributed by atoms with Crippen LogP contribution in [0.2, 0.25) is 0 Å². The number of benzene rings is 1. The predicted octanol–water partition coefficient (Wildman–Crippen LogP) is 2.50. The van der Waals surface area contributed by atoms with E-state index in [4.69, 9.17) is 9.26 Å². The maximum Gasteiger partial charge on any atom is 0.416 e. The SMILES string of the molecule is FC(F)(F)C1CN(c2noc(-c3ccccc3)n2)CCO1. The molecular weight excluding hydrogens is 287 g/mol. The zero-order valence-electron chi connectivity index (χ0n) is 10.9. The number of alkyl halides is 3. The Morgan fingerprint density at radius 2 is 1.95 bits per heavy atom. The van der Waals surface area contributed by atoms with Gasteiger partial charge in [-0.15, -0.1) is 0 Å². The van der Waals surface area contributed by atoms with E-state index >= 15 is 0 Å². The smallest absolute Gasteiger partial charge is 0.365 e. The summed E-state index contributed by atoms with van der Waals surface area (Å²) in [6, 6.07) is 9.04. The molecule has 1 unspecified atom stereocenters. The quantitative estimate of drug-likeness (QED) is 0.853. The lowest BCUT2D eigenvalue weighted by atomic mass is 10.2. The molecule has 1 atom stereocenters. The molecule has 1 fully saturated rings. The average molecular weight is 299 g/mol. The molecule has 0 saturated carbocycles. The second-order valence-corrected chi connectivity index (χ2v) is 4.61. The van der Waals surface area contributed by atoms with Gasteiger partial charge in [0.05, 0.1) is 13.2 Å². The first kappa shape index (κ1) is 13.9. The normalized spacial score (nSPS) is 19.8. The monoisotopic (exact) mass is 299 g/mol. The van der Waals surface area contributed by atoms with Gasteiger partial charge in [0.2, 0.25) is 0 Å². The fourth-order valence-corrected chi connectivity index (χ4v) is 2.07. The lowest BCUT2D eigenvalue weighted by molar-refractivity contribution is -0.221. The second kappa shape index (κ2) is 5.36. The number of halogens is 3. The Morgan fingerprint density at radius 3 is 2.67 bits per heavy atom. The van der Waals surface area contributed by atoms with Crippen molar-refractivity contribution in [2.24, 2.45) is 0 Å². The van der Waals surface area contributed by atoms with Crippen molar-refractivity contribution in [2.75, 3.05) is 24.6 Å².